The summed E-state index contributed by atoms with van der Waals surface area (Å²) in [6, 6.07) is 0.420. The van der Waals surface area contributed by atoms with Crippen LogP contribution in [0.25, 0.3) is 0 Å². The van der Waals surface area contributed by atoms with Crippen molar-refractivity contribution in [3.63, 3.8) is 0 Å². The Hall–Kier alpha value is 1.12. The standard InChI is InChI=1S/C8H17N2O4PS.2Li.2H/c11-7-10(8-1-2-8)5-3-9-4-6-16-15(12,13)14;;;;/h7-9H,1-6H2,(H2,12,13,14);;;;. The molecule has 0 heterocycles. The Morgan fingerprint density at radius 3 is 2.39 bits per heavy atom. The Kier molecular flexibility index (Phi) is 12.9. The molecule has 1 fully saturated rings. The molecule has 98 valence electrons. The summed E-state index contributed by atoms with van der Waals surface area (Å²) in [5.41, 5.74) is 0. The van der Waals surface area contributed by atoms with Gasteiger partial charge in [-0.25, -0.2) is 4.57 Å². The summed E-state index contributed by atoms with van der Waals surface area (Å²) in [4.78, 5) is 29.5. The fourth-order valence-electron chi connectivity index (χ4n) is 1.30. The fourth-order valence-corrected chi connectivity index (χ4v) is 2.76. The SMILES string of the molecule is O=CN(CCNCCSP(=O)(O)O)C1CC1.[LiH].[LiH]. The van der Waals surface area contributed by atoms with Gasteiger partial charge < -0.3 is 20.0 Å². The molecule has 1 aliphatic carbocycles. The Morgan fingerprint density at radius 1 is 1.33 bits per heavy atom. The number of hydrogen-bond donors (Lipinski definition) is 3. The third-order valence-electron chi connectivity index (χ3n) is 2.24. The van der Waals surface area contributed by atoms with E-state index >= 15 is 0 Å². The zero-order valence-electron chi connectivity index (χ0n) is 8.91. The molecular formula is C8H19Li2N2O4PS. The van der Waals surface area contributed by atoms with E-state index in [4.69, 9.17) is 9.79 Å². The number of nitrogens with zero attached hydrogens (tertiary/aromatic N) is 1. The molecule has 0 aromatic carbocycles. The van der Waals surface area contributed by atoms with Crippen molar-refractivity contribution >= 4 is 62.3 Å². The van der Waals surface area contributed by atoms with Gasteiger partial charge in [0, 0.05) is 31.4 Å². The first kappa shape index (κ1) is 21.4. The molecule has 0 spiro atoms. The molecule has 3 N–H and O–H groups in total. The Labute approximate surface area is 135 Å². The molecule has 6 nitrogen and oxygen atoms in total. The summed E-state index contributed by atoms with van der Waals surface area (Å²) in [6.45, 7) is -2.07. The Bertz CT molecular complexity index is 278. The van der Waals surface area contributed by atoms with Crippen LogP contribution in [0.3, 0.4) is 0 Å². The molecule has 0 atom stereocenters. The Morgan fingerprint density at radius 2 is 1.94 bits per heavy atom. The van der Waals surface area contributed by atoms with Crippen LogP contribution in [0.2, 0.25) is 0 Å². The van der Waals surface area contributed by atoms with E-state index in [9.17, 15) is 9.36 Å². The average Bonchev–Trinajstić information content (AvgIpc) is 2.99. The first-order valence-corrected chi connectivity index (χ1v) is 8.35. The fraction of sp³-hybridized carbons (Fsp3) is 0.875. The van der Waals surface area contributed by atoms with E-state index in [0.717, 1.165) is 19.3 Å². The van der Waals surface area contributed by atoms with Crippen molar-refractivity contribution in [3.05, 3.63) is 0 Å². The normalized spacial score (nSPS) is 14.3. The maximum absolute atomic E-state index is 10.6. The number of nitrogens with one attached hydrogen (secondary N) is 1. The summed E-state index contributed by atoms with van der Waals surface area (Å²) in [5, 5.41) is 3.04. The molecule has 0 saturated heterocycles. The molecule has 1 rings (SSSR count). The van der Waals surface area contributed by atoms with Gasteiger partial charge in [-0.15, -0.1) is 0 Å². The monoisotopic (exact) mass is 284 g/mol. The number of rotatable bonds is 9. The number of carbonyl (C=O) groups is 1. The van der Waals surface area contributed by atoms with E-state index in [2.05, 4.69) is 5.32 Å². The first-order valence-electron chi connectivity index (χ1n) is 5.15. The van der Waals surface area contributed by atoms with Crippen molar-refractivity contribution < 1.29 is 19.1 Å². The molecule has 1 amide bonds. The second-order valence-corrected chi connectivity index (χ2v) is 7.50. The third-order valence-corrected chi connectivity index (χ3v) is 4.52. The second-order valence-electron chi connectivity index (χ2n) is 3.65. The Balaban J connectivity index is 0. The van der Waals surface area contributed by atoms with Gasteiger partial charge in [0.1, 0.15) is 0 Å². The quantitative estimate of drug-likeness (QED) is 0.212. The molecule has 1 saturated carbocycles. The first-order chi connectivity index (χ1) is 7.53. The summed E-state index contributed by atoms with van der Waals surface area (Å²) < 4.78 is 10.5. The van der Waals surface area contributed by atoms with Crippen LogP contribution >= 0.6 is 18.2 Å². The minimum atomic E-state index is -3.93. The van der Waals surface area contributed by atoms with Crippen molar-refractivity contribution in [1.29, 1.82) is 0 Å². The van der Waals surface area contributed by atoms with Crippen LogP contribution in [0, 0.1) is 0 Å². The van der Waals surface area contributed by atoms with Crippen LogP contribution in [-0.4, -0.2) is 90.2 Å². The van der Waals surface area contributed by atoms with Crippen molar-refractivity contribution in [1.82, 2.24) is 10.2 Å². The molecule has 0 bridgehead atoms. The van der Waals surface area contributed by atoms with E-state index < -0.39 is 6.80 Å². The van der Waals surface area contributed by atoms with E-state index in [1.54, 1.807) is 4.90 Å². The summed E-state index contributed by atoms with van der Waals surface area (Å²) in [6.07, 6.45) is 3.04. The predicted molar refractivity (Wildman–Crippen MR) is 77.5 cm³/mol. The van der Waals surface area contributed by atoms with Gasteiger partial charge in [0.15, 0.2) is 0 Å². The van der Waals surface area contributed by atoms with Crippen LogP contribution in [0.1, 0.15) is 12.8 Å². The summed E-state index contributed by atoms with van der Waals surface area (Å²) in [7, 11) is 0. The van der Waals surface area contributed by atoms with E-state index in [1.165, 1.54) is 0 Å². The van der Waals surface area contributed by atoms with Crippen LogP contribution in [0.5, 0.6) is 0 Å². The zero-order valence-corrected chi connectivity index (χ0v) is 10.6. The van der Waals surface area contributed by atoms with E-state index in [-0.39, 0.29) is 37.7 Å². The van der Waals surface area contributed by atoms with Crippen LogP contribution in [0.15, 0.2) is 0 Å². The minimum absolute atomic E-state index is 0. The van der Waals surface area contributed by atoms with Gasteiger partial charge in [-0.3, -0.25) is 4.79 Å². The average molecular weight is 284 g/mol. The summed E-state index contributed by atoms with van der Waals surface area (Å²) >= 11 is 0.638. The molecule has 0 unspecified atom stereocenters. The molecule has 18 heavy (non-hydrogen) atoms. The molecule has 0 radical (unpaired) electrons. The van der Waals surface area contributed by atoms with Gasteiger partial charge in [0.05, 0.1) is 0 Å². The van der Waals surface area contributed by atoms with Gasteiger partial charge >= 0.3 is 44.5 Å². The van der Waals surface area contributed by atoms with Gasteiger partial charge in [-0.2, -0.15) is 0 Å². The van der Waals surface area contributed by atoms with Crippen LogP contribution in [0.4, 0.5) is 0 Å². The maximum atomic E-state index is 10.6. The number of carbonyl (C=O) groups excluding carboxylic acids is 1. The van der Waals surface area contributed by atoms with Crippen molar-refractivity contribution in [2.24, 2.45) is 0 Å². The molecule has 0 aromatic rings. The molecule has 10 heteroatoms. The molecule has 1 aliphatic rings. The number of hydrogen-bond acceptors (Lipinski definition) is 4. The van der Waals surface area contributed by atoms with Gasteiger partial charge in [-0.1, -0.05) is 0 Å². The van der Waals surface area contributed by atoms with Crippen molar-refractivity contribution in [2.45, 2.75) is 18.9 Å². The third kappa shape index (κ3) is 11.0. The molecule has 0 aromatic heterocycles. The summed E-state index contributed by atoms with van der Waals surface area (Å²) in [5.74, 6) is 0.370. The van der Waals surface area contributed by atoms with E-state index in [0.29, 0.717) is 42.8 Å². The number of amides is 1. The topological polar surface area (TPSA) is 89.9 Å². The van der Waals surface area contributed by atoms with Crippen LogP contribution < -0.4 is 5.32 Å². The second kappa shape index (κ2) is 10.9. The van der Waals surface area contributed by atoms with Crippen molar-refractivity contribution in [2.75, 3.05) is 25.4 Å². The van der Waals surface area contributed by atoms with Gasteiger partial charge in [-0.05, 0) is 24.2 Å². The zero-order chi connectivity index (χ0) is 12.0. The van der Waals surface area contributed by atoms with Gasteiger partial charge in [0.2, 0.25) is 6.41 Å². The van der Waals surface area contributed by atoms with Crippen LogP contribution in [-0.2, 0) is 9.36 Å². The van der Waals surface area contributed by atoms with E-state index in [1.807, 2.05) is 0 Å². The van der Waals surface area contributed by atoms with Crippen molar-refractivity contribution in [3.8, 4) is 0 Å². The molecule has 0 aliphatic heterocycles. The molecular weight excluding hydrogens is 265 g/mol. The van der Waals surface area contributed by atoms with Gasteiger partial charge in [0.25, 0.3) is 0 Å². The predicted octanol–water partition coefficient (Wildman–Crippen LogP) is -1.27.